The second-order valence-corrected chi connectivity index (χ2v) is 3.45. The molecule has 0 aromatic carbocycles. The van der Waals surface area contributed by atoms with Gasteiger partial charge in [-0.2, -0.15) is 0 Å². The fourth-order valence-corrected chi connectivity index (χ4v) is 0.850. The van der Waals surface area contributed by atoms with Crippen LogP contribution < -0.4 is 0 Å². The van der Waals surface area contributed by atoms with Crippen LogP contribution in [0.5, 0.6) is 0 Å². The first kappa shape index (κ1) is 9.54. The zero-order chi connectivity index (χ0) is 7.44. The summed E-state index contributed by atoms with van der Waals surface area (Å²) in [5.74, 6) is 0. The van der Waals surface area contributed by atoms with E-state index in [4.69, 9.17) is 0 Å². The van der Waals surface area contributed by atoms with Gasteiger partial charge in [0.15, 0.2) is 0 Å². The molecule has 50 valence electrons. The van der Waals surface area contributed by atoms with Gasteiger partial charge < -0.3 is 0 Å². The lowest BCUT2D eigenvalue weighted by Crippen LogP contribution is -1.88. The summed E-state index contributed by atoms with van der Waals surface area (Å²) in [5.41, 5.74) is 0.495. The summed E-state index contributed by atoms with van der Waals surface area (Å²) in [6.45, 7) is 1.62. The van der Waals surface area contributed by atoms with E-state index >= 15 is 0 Å². The van der Waals surface area contributed by atoms with E-state index in [1.54, 1.807) is 52.1 Å². The average molecular weight is 350 g/mol. The Balaban J connectivity index is 4.17. The van der Waals surface area contributed by atoms with E-state index in [2.05, 4.69) is 0 Å². The minimum atomic E-state index is -0.116. The third-order valence-electron chi connectivity index (χ3n) is 0.640. The van der Waals surface area contributed by atoms with Gasteiger partial charge in [-0.3, -0.25) is 9.59 Å². The number of carbonyl (C=O) groups is 2. The van der Waals surface area contributed by atoms with E-state index in [0.717, 1.165) is 0 Å². The number of hydrogen-bond donors (Lipinski definition) is 0. The Morgan fingerprint density at radius 2 is 1.78 bits per heavy atom. The van der Waals surface area contributed by atoms with E-state index in [0.29, 0.717) is 5.57 Å². The van der Waals surface area contributed by atoms with Crippen LogP contribution in [0.3, 0.4) is 0 Å². The minimum Gasteiger partial charge on any atom is -0.283 e. The van der Waals surface area contributed by atoms with Gasteiger partial charge in [-0.15, -0.1) is 0 Å². The zero-order valence-corrected chi connectivity index (χ0v) is 8.96. The monoisotopic (exact) mass is 350 g/mol. The number of rotatable bonds is 2. The van der Waals surface area contributed by atoms with E-state index in [1.807, 2.05) is 0 Å². The van der Waals surface area contributed by atoms with Crippen molar-refractivity contribution >= 4 is 52.8 Å². The van der Waals surface area contributed by atoms with Gasteiger partial charge in [0.1, 0.15) is 0 Å². The predicted octanol–water partition coefficient (Wildman–Crippen LogP) is 1.86. The van der Waals surface area contributed by atoms with Crippen LogP contribution in [0, 0.1) is 0 Å². The first-order chi connectivity index (χ1) is 4.04. The Morgan fingerprint density at radius 1 is 1.33 bits per heavy atom. The van der Waals surface area contributed by atoms with Gasteiger partial charge in [-0.25, -0.2) is 0 Å². The smallest absolute Gasteiger partial charge is 0.218 e. The molecule has 0 aromatic rings. The van der Waals surface area contributed by atoms with Gasteiger partial charge in [-0.05, 0) is 13.0 Å². The maximum atomic E-state index is 10.4. The number of halogens is 2. The van der Waals surface area contributed by atoms with Crippen LogP contribution >= 0.6 is 45.2 Å². The molecule has 0 atom stereocenters. The molecule has 4 heteroatoms. The molecule has 0 aliphatic rings. The maximum Gasteiger partial charge on any atom is 0.218 e. The minimum absolute atomic E-state index is 0.0855. The molecule has 0 aliphatic carbocycles. The first-order valence-electron chi connectivity index (χ1n) is 2.11. The van der Waals surface area contributed by atoms with Crippen molar-refractivity contribution in [2.75, 3.05) is 0 Å². The third-order valence-corrected chi connectivity index (χ3v) is 1.80. The fourth-order valence-electron chi connectivity index (χ4n) is 0.227. The highest BCUT2D eigenvalue weighted by molar-refractivity contribution is 14.1. The van der Waals surface area contributed by atoms with E-state index in [-0.39, 0.29) is 7.58 Å². The molecular formula is C5H4I2O2. The molecule has 0 fully saturated rings. The molecule has 0 unspecified atom stereocenters. The van der Waals surface area contributed by atoms with Crippen molar-refractivity contribution in [3.05, 3.63) is 11.6 Å². The number of allylic oxidation sites excluding steroid dienone is 2. The highest BCUT2D eigenvalue weighted by Crippen LogP contribution is 2.02. The summed E-state index contributed by atoms with van der Waals surface area (Å²) in [4.78, 5) is 20.8. The Hall–Kier alpha value is 0.540. The molecule has 0 saturated heterocycles. The largest absolute Gasteiger partial charge is 0.283 e. The molecule has 0 N–H and O–H groups in total. The molecular weight excluding hydrogens is 346 g/mol. The summed E-state index contributed by atoms with van der Waals surface area (Å²) in [6, 6.07) is 0. The molecule has 9 heavy (non-hydrogen) atoms. The second-order valence-electron chi connectivity index (χ2n) is 1.41. The van der Waals surface area contributed by atoms with Gasteiger partial charge in [0.2, 0.25) is 7.58 Å². The van der Waals surface area contributed by atoms with Crippen molar-refractivity contribution in [3.8, 4) is 0 Å². The van der Waals surface area contributed by atoms with E-state index < -0.39 is 0 Å². The molecule has 0 aromatic heterocycles. The normalized spacial score (nSPS) is 11.2. The highest BCUT2D eigenvalue weighted by Gasteiger charge is 1.98. The number of hydrogen-bond acceptors (Lipinski definition) is 2. The molecule has 0 bridgehead atoms. The first-order valence-corrected chi connectivity index (χ1v) is 4.27. The Kier molecular flexibility index (Phi) is 4.63. The average Bonchev–Trinajstić information content (AvgIpc) is 1.63. The van der Waals surface area contributed by atoms with Crippen molar-refractivity contribution in [1.82, 2.24) is 0 Å². The van der Waals surface area contributed by atoms with Crippen molar-refractivity contribution in [3.63, 3.8) is 0 Å². The zero-order valence-electron chi connectivity index (χ0n) is 4.65. The van der Waals surface area contributed by atoms with Gasteiger partial charge in [0, 0.05) is 50.8 Å². The molecule has 0 rings (SSSR count). The van der Waals surface area contributed by atoms with Crippen LogP contribution in [0.2, 0.25) is 0 Å². The lowest BCUT2D eigenvalue weighted by atomic mass is 10.3. The van der Waals surface area contributed by atoms with Crippen LogP contribution in [-0.4, -0.2) is 7.58 Å². The van der Waals surface area contributed by atoms with Crippen LogP contribution in [0.15, 0.2) is 11.6 Å². The predicted molar refractivity (Wildman–Crippen MR) is 51.8 cm³/mol. The maximum absolute atomic E-state index is 10.4. The van der Waals surface area contributed by atoms with Crippen molar-refractivity contribution in [2.45, 2.75) is 6.92 Å². The van der Waals surface area contributed by atoms with Crippen molar-refractivity contribution in [1.29, 1.82) is 0 Å². The third kappa shape index (κ3) is 5.01. The van der Waals surface area contributed by atoms with Crippen LogP contribution in [0.1, 0.15) is 6.92 Å². The Morgan fingerprint density at radius 3 is 1.89 bits per heavy atom. The van der Waals surface area contributed by atoms with E-state index in [9.17, 15) is 9.59 Å². The summed E-state index contributed by atoms with van der Waals surface area (Å²) in [6.07, 6.45) is 1.31. The Labute approximate surface area is 80.4 Å². The Bertz CT molecular complexity index is 172. The lowest BCUT2D eigenvalue weighted by Gasteiger charge is -1.85. The molecule has 0 heterocycles. The fraction of sp³-hybridized carbons (Fsp3) is 0.200. The van der Waals surface area contributed by atoms with Gasteiger partial charge >= 0.3 is 0 Å². The molecule has 0 radical (unpaired) electrons. The quantitative estimate of drug-likeness (QED) is 0.433. The highest BCUT2D eigenvalue weighted by atomic mass is 127. The molecule has 0 spiro atoms. The summed E-state index contributed by atoms with van der Waals surface area (Å²) in [7, 11) is 0. The SMILES string of the molecule is C/C(=C/C(=O)I)C(=O)I. The second kappa shape index (κ2) is 4.37. The summed E-state index contributed by atoms with van der Waals surface area (Å²) in [5, 5.41) is 0. The van der Waals surface area contributed by atoms with E-state index in [1.165, 1.54) is 6.08 Å². The molecule has 0 amide bonds. The van der Waals surface area contributed by atoms with Crippen molar-refractivity contribution in [2.24, 2.45) is 0 Å². The topological polar surface area (TPSA) is 34.1 Å². The van der Waals surface area contributed by atoms with Crippen LogP contribution in [0.25, 0.3) is 0 Å². The van der Waals surface area contributed by atoms with Gasteiger partial charge in [0.05, 0.1) is 0 Å². The summed E-state index contributed by atoms with van der Waals surface area (Å²) < 4.78 is -0.201. The van der Waals surface area contributed by atoms with Crippen LogP contribution in [0.4, 0.5) is 0 Å². The molecule has 0 saturated carbocycles. The van der Waals surface area contributed by atoms with Crippen molar-refractivity contribution < 1.29 is 9.59 Å². The molecule has 0 aliphatic heterocycles. The van der Waals surface area contributed by atoms with Gasteiger partial charge in [-0.1, -0.05) is 0 Å². The molecule has 2 nitrogen and oxygen atoms in total. The lowest BCUT2D eigenvalue weighted by molar-refractivity contribution is -0.108. The summed E-state index contributed by atoms with van der Waals surface area (Å²) >= 11 is 3.26. The van der Waals surface area contributed by atoms with Gasteiger partial charge in [0.25, 0.3) is 0 Å². The number of carbonyl (C=O) groups excluding carboxylic acids is 2. The standard InChI is InChI=1S/C5H4I2O2/c1-3(5(7)9)2-4(6)8/h2H,1H3/b3-2-. The van der Waals surface area contributed by atoms with Crippen LogP contribution in [-0.2, 0) is 9.59 Å².